The maximum atomic E-state index is 3.61. The van der Waals surface area contributed by atoms with Crippen LogP contribution < -0.4 is 5.32 Å². The van der Waals surface area contributed by atoms with Crippen LogP contribution in [-0.2, 0) is 6.42 Å². The second kappa shape index (κ2) is 7.83. The van der Waals surface area contributed by atoms with Gasteiger partial charge in [-0.15, -0.1) is 0 Å². The minimum Gasteiger partial charge on any atom is -0.316 e. The Kier molecular flexibility index (Phi) is 6.09. The van der Waals surface area contributed by atoms with Gasteiger partial charge in [-0.2, -0.15) is 0 Å². The summed E-state index contributed by atoms with van der Waals surface area (Å²) in [6.45, 7) is 4.42. The molecule has 0 saturated heterocycles. The summed E-state index contributed by atoms with van der Waals surface area (Å²) in [6.07, 6.45) is 11.2. The highest BCUT2D eigenvalue weighted by Crippen LogP contribution is 2.26. The van der Waals surface area contributed by atoms with E-state index in [0.717, 1.165) is 5.92 Å². The van der Waals surface area contributed by atoms with Gasteiger partial charge in [0.15, 0.2) is 0 Å². The minimum absolute atomic E-state index is 0.648. The molecule has 0 radical (unpaired) electrons. The molecule has 0 spiro atoms. The van der Waals surface area contributed by atoms with Crippen molar-refractivity contribution in [2.75, 3.05) is 7.05 Å². The normalized spacial score (nSPS) is 19.4. The van der Waals surface area contributed by atoms with E-state index in [9.17, 15) is 0 Å². The molecule has 1 saturated carbocycles. The van der Waals surface area contributed by atoms with E-state index in [1.165, 1.54) is 68.1 Å². The van der Waals surface area contributed by atoms with E-state index in [1.807, 2.05) is 0 Å². The molecule has 1 aliphatic rings. The summed E-state index contributed by atoms with van der Waals surface area (Å²) in [5.41, 5.74) is 4.30. The van der Waals surface area contributed by atoms with E-state index >= 15 is 0 Å². The lowest BCUT2D eigenvalue weighted by molar-refractivity contribution is 0.294. The van der Waals surface area contributed by atoms with Crippen LogP contribution in [0.4, 0.5) is 0 Å². The lowest BCUT2D eigenvalue weighted by atomic mass is 9.83. The zero-order valence-corrected chi connectivity index (χ0v) is 13.5. The van der Waals surface area contributed by atoms with E-state index in [4.69, 9.17) is 0 Å². The van der Waals surface area contributed by atoms with Crippen LogP contribution in [0.25, 0.3) is 0 Å². The van der Waals surface area contributed by atoms with Crippen molar-refractivity contribution in [3.8, 4) is 0 Å². The van der Waals surface area contributed by atoms with Crippen LogP contribution in [0, 0.1) is 19.8 Å². The molecule has 0 aliphatic heterocycles. The largest absolute Gasteiger partial charge is 0.316 e. The Labute approximate surface area is 125 Å². The Balaban J connectivity index is 2.02. The van der Waals surface area contributed by atoms with Crippen molar-refractivity contribution < 1.29 is 0 Å². The molecule has 0 aromatic heterocycles. The first-order valence-electron chi connectivity index (χ1n) is 8.43. The number of hydrogen-bond acceptors (Lipinski definition) is 1. The van der Waals surface area contributed by atoms with Crippen LogP contribution in [0.1, 0.15) is 61.6 Å². The highest BCUT2D eigenvalue weighted by Gasteiger charge is 2.21. The van der Waals surface area contributed by atoms with Crippen LogP contribution in [0.5, 0.6) is 0 Å². The molecular formula is C19H31N. The van der Waals surface area contributed by atoms with Crippen molar-refractivity contribution >= 4 is 0 Å². The van der Waals surface area contributed by atoms with Gasteiger partial charge in [0.1, 0.15) is 0 Å². The summed E-state index contributed by atoms with van der Waals surface area (Å²) < 4.78 is 0. The first-order chi connectivity index (χ1) is 9.69. The summed E-state index contributed by atoms with van der Waals surface area (Å²) in [6, 6.07) is 7.64. The fourth-order valence-electron chi connectivity index (χ4n) is 3.84. The Morgan fingerprint density at radius 2 is 1.50 bits per heavy atom. The molecule has 0 amide bonds. The zero-order chi connectivity index (χ0) is 14.4. The van der Waals surface area contributed by atoms with Crippen LogP contribution in [0.15, 0.2) is 18.2 Å². The van der Waals surface area contributed by atoms with Gasteiger partial charge in [0.25, 0.3) is 0 Å². The van der Waals surface area contributed by atoms with Gasteiger partial charge in [0, 0.05) is 6.04 Å². The fourth-order valence-corrected chi connectivity index (χ4v) is 3.84. The molecule has 1 nitrogen and oxygen atoms in total. The first kappa shape index (κ1) is 15.6. The SMILES string of the molecule is CNC(Cc1cc(C)cc(C)c1)C1CCCCCCC1. The third-order valence-electron chi connectivity index (χ3n) is 4.83. The lowest BCUT2D eigenvalue weighted by Gasteiger charge is -2.29. The van der Waals surface area contributed by atoms with Crippen LogP contribution in [0.3, 0.4) is 0 Å². The third kappa shape index (κ3) is 4.63. The molecule has 1 unspecified atom stereocenters. The topological polar surface area (TPSA) is 12.0 Å². The van der Waals surface area contributed by atoms with E-state index < -0.39 is 0 Å². The van der Waals surface area contributed by atoms with Crippen molar-refractivity contribution in [3.63, 3.8) is 0 Å². The predicted octanol–water partition coefficient (Wildman–Crippen LogP) is 4.79. The Bertz CT molecular complexity index is 382. The van der Waals surface area contributed by atoms with Gasteiger partial charge < -0.3 is 5.32 Å². The van der Waals surface area contributed by atoms with Gasteiger partial charge >= 0.3 is 0 Å². The molecule has 0 bridgehead atoms. The van der Waals surface area contributed by atoms with Crippen molar-refractivity contribution in [2.45, 2.75) is 71.3 Å². The molecule has 1 heteroatoms. The van der Waals surface area contributed by atoms with Crippen molar-refractivity contribution in [1.29, 1.82) is 0 Å². The quantitative estimate of drug-likeness (QED) is 0.831. The molecule has 1 fully saturated rings. The molecule has 1 N–H and O–H groups in total. The Morgan fingerprint density at radius 3 is 2.05 bits per heavy atom. The standard InChI is InChI=1S/C19H31N/c1-15-11-16(2)13-17(12-15)14-19(20-3)18-9-7-5-4-6-8-10-18/h11-13,18-20H,4-10,14H2,1-3H3. The molecule has 1 aliphatic carbocycles. The predicted molar refractivity (Wildman–Crippen MR) is 88.3 cm³/mol. The number of hydrogen-bond donors (Lipinski definition) is 1. The number of rotatable bonds is 4. The maximum absolute atomic E-state index is 3.61. The van der Waals surface area contributed by atoms with Gasteiger partial charge in [-0.25, -0.2) is 0 Å². The van der Waals surface area contributed by atoms with E-state index in [2.05, 4.69) is 44.4 Å². The highest BCUT2D eigenvalue weighted by atomic mass is 14.9. The summed E-state index contributed by atoms with van der Waals surface area (Å²) in [5.74, 6) is 0.862. The van der Waals surface area contributed by atoms with Gasteiger partial charge in [-0.05, 0) is 51.6 Å². The molecule has 20 heavy (non-hydrogen) atoms. The fraction of sp³-hybridized carbons (Fsp3) is 0.684. The molecule has 1 atom stereocenters. The second-order valence-corrected chi connectivity index (χ2v) is 6.70. The second-order valence-electron chi connectivity index (χ2n) is 6.70. The molecule has 112 valence electrons. The number of likely N-dealkylation sites (N-methyl/N-ethyl adjacent to an activating group) is 1. The number of benzene rings is 1. The molecule has 1 aromatic carbocycles. The number of aryl methyl sites for hydroxylation is 2. The molecule has 0 heterocycles. The van der Waals surface area contributed by atoms with Crippen molar-refractivity contribution in [1.82, 2.24) is 5.32 Å². The number of nitrogens with one attached hydrogen (secondary N) is 1. The zero-order valence-electron chi connectivity index (χ0n) is 13.5. The molecule has 2 rings (SSSR count). The van der Waals surface area contributed by atoms with E-state index in [1.54, 1.807) is 0 Å². The lowest BCUT2D eigenvalue weighted by Crippen LogP contribution is -2.36. The summed E-state index contributed by atoms with van der Waals surface area (Å²) in [5, 5.41) is 3.61. The van der Waals surface area contributed by atoms with Crippen LogP contribution in [-0.4, -0.2) is 13.1 Å². The van der Waals surface area contributed by atoms with Crippen molar-refractivity contribution in [2.24, 2.45) is 5.92 Å². The van der Waals surface area contributed by atoms with Gasteiger partial charge in [-0.1, -0.05) is 61.4 Å². The first-order valence-corrected chi connectivity index (χ1v) is 8.43. The van der Waals surface area contributed by atoms with E-state index in [0.29, 0.717) is 6.04 Å². The van der Waals surface area contributed by atoms with E-state index in [-0.39, 0.29) is 0 Å². The minimum atomic E-state index is 0.648. The molecular weight excluding hydrogens is 242 g/mol. The average molecular weight is 273 g/mol. The maximum Gasteiger partial charge on any atom is 0.0133 e. The van der Waals surface area contributed by atoms with Gasteiger partial charge in [0.05, 0.1) is 0 Å². The van der Waals surface area contributed by atoms with Gasteiger partial charge in [-0.3, -0.25) is 0 Å². The highest BCUT2D eigenvalue weighted by molar-refractivity contribution is 5.29. The monoisotopic (exact) mass is 273 g/mol. The summed E-state index contributed by atoms with van der Waals surface area (Å²) >= 11 is 0. The van der Waals surface area contributed by atoms with Crippen LogP contribution in [0.2, 0.25) is 0 Å². The van der Waals surface area contributed by atoms with Gasteiger partial charge in [0.2, 0.25) is 0 Å². The smallest absolute Gasteiger partial charge is 0.0133 e. The van der Waals surface area contributed by atoms with Crippen LogP contribution >= 0.6 is 0 Å². The van der Waals surface area contributed by atoms with Crippen molar-refractivity contribution in [3.05, 3.63) is 34.9 Å². The summed E-state index contributed by atoms with van der Waals surface area (Å²) in [4.78, 5) is 0. The molecule has 1 aromatic rings. The summed E-state index contributed by atoms with van der Waals surface area (Å²) in [7, 11) is 2.14. The Morgan fingerprint density at radius 1 is 0.950 bits per heavy atom. The average Bonchev–Trinajstić information content (AvgIpc) is 2.35. The third-order valence-corrected chi connectivity index (χ3v) is 4.83. The Hall–Kier alpha value is -0.820.